The van der Waals surface area contributed by atoms with Crippen LogP contribution in [0.4, 0.5) is 0 Å². The Morgan fingerprint density at radius 3 is 2.69 bits per heavy atom. The predicted molar refractivity (Wildman–Crippen MR) is 67.4 cm³/mol. The van der Waals surface area contributed by atoms with Gasteiger partial charge in [0.15, 0.2) is 0 Å². The molecule has 0 amide bonds. The Hall–Kier alpha value is -1.34. The second-order valence-corrected chi connectivity index (χ2v) is 3.98. The molecule has 16 heavy (non-hydrogen) atoms. The van der Waals surface area contributed by atoms with Crippen molar-refractivity contribution in [3.63, 3.8) is 0 Å². The van der Waals surface area contributed by atoms with E-state index < -0.39 is 0 Å². The van der Waals surface area contributed by atoms with Crippen LogP contribution in [0, 0.1) is 0 Å². The summed E-state index contributed by atoms with van der Waals surface area (Å²) in [6, 6.07) is 10.5. The Bertz CT molecular complexity index is 376. The third-order valence-corrected chi connectivity index (χ3v) is 2.80. The molecule has 1 heteroatoms. The lowest BCUT2D eigenvalue weighted by Gasteiger charge is -2.17. The van der Waals surface area contributed by atoms with E-state index >= 15 is 0 Å². The van der Waals surface area contributed by atoms with Gasteiger partial charge in [0.1, 0.15) is 0 Å². The summed E-state index contributed by atoms with van der Waals surface area (Å²) in [7, 11) is 0. The highest BCUT2D eigenvalue weighted by atomic mass is 16.5. The molecule has 0 saturated heterocycles. The van der Waals surface area contributed by atoms with Gasteiger partial charge in [-0.1, -0.05) is 48.6 Å². The molecule has 84 valence electrons. The van der Waals surface area contributed by atoms with E-state index in [4.69, 9.17) is 4.74 Å². The molecule has 0 bridgehead atoms. The van der Waals surface area contributed by atoms with E-state index in [1.165, 1.54) is 11.1 Å². The average Bonchev–Trinajstić information content (AvgIpc) is 2.83. The Kier molecular flexibility index (Phi) is 3.95. The van der Waals surface area contributed by atoms with Gasteiger partial charge >= 0.3 is 0 Å². The normalized spacial score (nSPS) is 16.2. The molecule has 1 aliphatic rings. The van der Waals surface area contributed by atoms with Crippen LogP contribution in [0.3, 0.4) is 0 Å². The quantitative estimate of drug-likeness (QED) is 0.728. The maximum atomic E-state index is 5.81. The molecule has 1 aromatic rings. The third kappa shape index (κ3) is 2.83. The lowest BCUT2D eigenvalue weighted by molar-refractivity contribution is 0.0910. The number of benzene rings is 1. The summed E-state index contributed by atoms with van der Waals surface area (Å²) in [5.41, 5.74) is 2.66. The van der Waals surface area contributed by atoms with Gasteiger partial charge in [0.25, 0.3) is 0 Å². The number of rotatable bonds is 5. The molecule has 1 aromatic carbocycles. The van der Waals surface area contributed by atoms with Crippen molar-refractivity contribution in [2.75, 3.05) is 6.61 Å². The van der Waals surface area contributed by atoms with Crippen molar-refractivity contribution in [3.8, 4) is 0 Å². The summed E-state index contributed by atoms with van der Waals surface area (Å²) in [5, 5.41) is 0. The minimum atomic E-state index is 0.214. The zero-order chi connectivity index (χ0) is 11.2. The first-order valence-corrected chi connectivity index (χ1v) is 5.92. The van der Waals surface area contributed by atoms with Crippen LogP contribution in [0.25, 0.3) is 0 Å². The first kappa shape index (κ1) is 11.2. The lowest BCUT2D eigenvalue weighted by atomic mass is 10.0. The highest BCUT2D eigenvalue weighted by Gasteiger charge is 2.14. The minimum absolute atomic E-state index is 0.214. The molecule has 1 atom stereocenters. The maximum Gasteiger partial charge on any atom is 0.0862 e. The Morgan fingerprint density at radius 2 is 2.06 bits per heavy atom. The lowest BCUT2D eigenvalue weighted by Crippen LogP contribution is -2.17. The molecule has 0 radical (unpaired) electrons. The average molecular weight is 214 g/mol. The second kappa shape index (κ2) is 5.66. The SMILES string of the molecule is CCOC(Cc1ccccc1)C1=CCC=C1. The van der Waals surface area contributed by atoms with Gasteiger partial charge < -0.3 is 4.74 Å². The smallest absolute Gasteiger partial charge is 0.0862 e. The van der Waals surface area contributed by atoms with Gasteiger partial charge in [-0.15, -0.1) is 0 Å². The zero-order valence-corrected chi connectivity index (χ0v) is 9.73. The molecule has 2 rings (SSSR count). The zero-order valence-electron chi connectivity index (χ0n) is 9.73. The summed E-state index contributed by atoms with van der Waals surface area (Å²) in [6.07, 6.45) is 8.85. The van der Waals surface area contributed by atoms with Crippen LogP contribution in [-0.2, 0) is 11.2 Å². The number of hydrogen-bond donors (Lipinski definition) is 0. The van der Waals surface area contributed by atoms with Gasteiger partial charge in [0.2, 0.25) is 0 Å². The molecule has 0 aromatic heterocycles. The molecule has 1 nitrogen and oxygen atoms in total. The van der Waals surface area contributed by atoms with Crippen molar-refractivity contribution >= 4 is 0 Å². The maximum absolute atomic E-state index is 5.81. The molecule has 1 unspecified atom stereocenters. The molecular weight excluding hydrogens is 196 g/mol. The number of allylic oxidation sites excluding steroid dienone is 2. The summed E-state index contributed by atoms with van der Waals surface area (Å²) in [5.74, 6) is 0. The summed E-state index contributed by atoms with van der Waals surface area (Å²) < 4.78 is 5.81. The van der Waals surface area contributed by atoms with Crippen molar-refractivity contribution in [2.24, 2.45) is 0 Å². The highest BCUT2D eigenvalue weighted by Crippen LogP contribution is 2.19. The van der Waals surface area contributed by atoms with E-state index in [0.29, 0.717) is 0 Å². The monoisotopic (exact) mass is 214 g/mol. The van der Waals surface area contributed by atoms with Crippen LogP contribution in [0.2, 0.25) is 0 Å². The fourth-order valence-corrected chi connectivity index (χ4v) is 2.02. The van der Waals surface area contributed by atoms with E-state index in [1.807, 2.05) is 6.07 Å². The van der Waals surface area contributed by atoms with Crippen molar-refractivity contribution in [1.82, 2.24) is 0 Å². The van der Waals surface area contributed by atoms with Crippen LogP contribution < -0.4 is 0 Å². The van der Waals surface area contributed by atoms with E-state index in [0.717, 1.165) is 19.4 Å². The fourth-order valence-electron chi connectivity index (χ4n) is 2.02. The van der Waals surface area contributed by atoms with E-state index in [1.54, 1.807) is 0 Å². The standard InChI is InChI=1S/C15H18O/c1-2-16-15(14-10-6-7-11-14)12-13-8-4-3-5-9-13/h3-6,8-11,15H,2,7,12H2,1H3. The molecule has 0 spiro atoms. The van der Waals surface area contributed by atoms with Gasteiger partial charge in [-0.05, 0) is 24.5 Å². The number of hydrogen-bond acceptors (Lipinski definition) is 1. The predicted octanol–water partition coefficient (Wildman–Crippen LogP) is 3.52. The van der Waals surface area contributed by atoms with Crippen LogP contribution in [0.1, 0.15) is 18.9 Å². The Balaban J connectivity index is 2.06. The molecule has 0 heterocycles. The van der Waals surface area contributed by atoms with Crippen molar-refractivity contribution in [1.29, 1.82) is 0 Å². The largest absolute Gasteiger partial charge is 0.373 e. The van der Waals surface area contributed by atoms with Gasteiger partial charge in [-0.2, -0.15) is 0 Å². The Labute approximate surface area is 97.4 Å². The highest BCUT2D eigenvalue weighted by molar-refractivity contribution is 5.31. The molecular formula is C15H18O. The molecule has 0 aliphatic heterocycles. The van der Waals surface area contributed by atoms with Crippen molar-refractivity contribution in [3.05, 3.63) is 59.7 Å². The van der Waals surface area contributed by atoms with E-state index in [2.05, 4.69) is 49.4 Å². The van der Waals surface area contributed by atoms with E-state index in [-0.39, 0.29) is 6.10 Å². The fraction of sp³-hybridized carbons (Fsp3) is 0.333. The molecule has 1 aliphatic carbocycles. The third-order valence-electron chi connectivity index (χ3n) is 2.80. The van der Waals surface area contributed by atoms with Crippen LogP contribution >= 0.6 is 0 Å². The summed E-state index contributed by atoms with van der Waals surface area (Å²) in [6.45, 7) is 2.82. The van der Waals surface area contributed by atoms with Gasteiger partial charge in [-0.25, -0.2) is 0 Å². The molecule has 0 fully saturated rings. The molecule has 0 N–H and O–H groups in total. The Morgan fingerprint density at radius 1 is 1.25 bits per heavy atom. The van der Waals surface area contributed by atoms with Crippen LogP contribution in [-0.4, -0.2) is 12.7 Å². The van der Waals surface area contributed by atoms with Gasteiger partial charge in [0.05, 0.1) is 6.10 Å². The van der Waals surface area contributed by atoms with Crippen LogP contribution in [0.15, 0.2) is 54.1 Å². The van der Waals surface area contributed by atoms with Crippen molar-refractivity contribution in [2.45, 2.75) is 25.9 Å². The summed E-state index contributed by atoms with van der Waals surface area (Å²) in [4.78, 5) is 0. The first-order valence-electron chi connectivity index (χ1n) is 5.92. The first-order chi connectivity index (χ1) is 7.90. The van der Waals surface area contributed by atoms with Gasteiger partial charge in [0, 0.05) is 13.0 Å². The van der Waals surface area contributed by atoms with E-state index in [9.17, 15) is 0 Å². The molecule has 0 saturated carbocycles. The number of ether oxygens (including phenoxy) is 1. The topological polar surface area (TPSA) is 9.23 Å². The minimum Gasteiger partial charge on any atom is -0.373 e. The van der Waals surface area contributed by atoms with Crippen molar-refractivity contribution < 1.29 is 4.74 Å². The van der Waals surface area contributed by atoms with Gasteiger partial charge in [-0.3, -0.25) is 0 Å². The summed E-state index contributed by atoms with van der Waals surface area (Å²) >= 11 is 0. The van der Waals surface area contributed by atoms with Crippen LogP contribution in [0.5, 0.6) is 0 Å². The second-order valence-electron chi connectivity index (χ2n) is 3.98.